The van der Waals surface area contributed by atoms with Gasteiger partial charge in [-0.3, -0.25) is 14.3 Å². The number of aryl methyl sites for hydroxylation is 1. The Balaban J connectivity index is 1.30. The molecule has 0 atom stereocenters. The van der Waals surface area contributed by atoms with Gasteiger partial charge >= 0.3 is 0 Å². The molecule has 1 spiro atoms. The molecule has 5 rings (SSSR count). The topological polar surface area (TPSA) is 76.9 Å². The predicted octanol–water partition coefficient (Wildman–Crippen LogP) is 1.91. The minimum absolute atomic E-state index is 0.0757. The summed E-state index contributed by atoms with van der Waals surface area (Å²) in [5.74, 6) is -0.727. The van der Waals surface area contributed by atoms with Gasteiger partial charge in [0.05, 0.1) is 13.2 Å². The first-order valence-electron chi connectivity index (χ1n) is 10.6. The SMILES string of the molecule is O=C(c1cc2n(n1)CCCN(Cc1ccccc1)C2=O)N1CCC2(CC1)OCCO2. The number of benzene rings is 1. The highest BCUT2D eigenvalue weighted by Gasteiger charge is 2.41. The molecule has 158 valence electrons. The first kappa shape index (κ1) is 19.3. The average molecular weight is 410 g/mol. The molecule has 2 aromatic rings. The summed E-state index contributed by atoms with van der Waals surface area (Å²) in [4.78, 5) is 29.8. The lowest BCUT2D eigenvalue weighted by Crippen LogP contribution is -2.47. The Hall–Kier alpha value is -2.71. The van der Waals surface area contributed by atoms with Crippen molar-refractivity contribution in [2.45, 2.75) is 38.1 Å². The van der Waals surface area contributed by atoms with E-state index in [1.165, 1.54) is 0 Å². The van der Waals surface area contributed by atoms with Gasteiger partial charge < -0.3 is 19.3 Å². The lowest BCUT2D eigenvalue weighted by molar-refractivity contribution is -0.181. The highest BCUT2D eigenvalue weighted by atomic mass is 16.7. The summed E-state index contributed by atoms with van der Waals surface area (Å²) in [5.41, 5.74) is 1.92. The maximum atomic E-state index is 13.1. The summed E-state index contributed by atoms with van der Waals surface area (Å²) >= 11 is 0. The largest absolute Gasteiger partial charge is 0.347 e. The van der Waals surface area contributed by atoms with Crippen LogP contribution in [0.2, 0.25) is 0 Å². The van der Waals surface area contributed by atoms with E-state index in [0.29, 0.717) is 70.2 Å². The summed E-state index contributed by atoms with van der Waals surface area (Å²) < 4.78 is 13.2. The van der Waals surface area contributed by atoms with Crippen molar-refractivity contribution in [2.24, 2.45) is 0 Å². The fourth-order valence-corrected chi connectivity index (χ4v) is 4.49. The van der Waals surface area contributed by atoms with E-state index in [4.69, 9.17) is 9.47 Å². The summed E-state index contributed by atoms with van der Waals surface area (Å²) in [6.45, 7) is 4.22. The molecule has 0 aliphatic carbocycles. The number of ether oxygens (including phenoxy) is 2. The lowest BCUT2D eigenvalue weighted by Gasteiger charge is -2.37. The molecule has 8 nitrogen and oxygen atoms in total. The van der Waals surface area contributed by atoms with E-state index in [1.807, 2.05) is 35.2 Å². The monoisotopic (exact) mass is 410 g/mol. The van der Waals surface area contributed by atoms with Crippen LogP contribution in [-0.4, -0.2) is 70.0 Å². The Kier molecular flexibility index (Phi) is 5.04. The third-order valence-electron chi connectivity index (χ3n) is 6.15. The van der Waals surface area contributed by atoms with Crippen molar-refractivity contribution < 1.29 is 19.1 Å². The van der Waals surface area contributed by atoms with E-state index in [2.05, 4.69) is 5.10 Å². The van der Waals surface area contributed by atoms with Crippen molar-refractivity contribution in [3.8, 4) is 0 Å². The van der Waals surface area contributed by atoms with E-state index in [-0.39, 0.29) is 11.8 Å². The summed E-state index contributed by atoms with van der Waals surface area (Å²) in [5, 5.41) is 4.48. The van der Waals surface area contributed by atoms with Gasteiger partial charge in [0.2, 0.25) is 0 Å². The first-order chi connectivity index (χ1) is 14.6. The van der Waals surface area contributed by atoms with Crippen LogP contribution in [0.1, 0.15) is 45.8 Å². The van der Waals surface area contributed by atoms with E-state index in [0.717, 1.165) is 12.0 Å². The molecule has 2 amide bonds. The Morgan fingerprint density at radius 2 is 1.77 bits per heavy atom. The maximum absolute atomic E-state index is 13.1. The van der Waals surface area contributed by atoms with Crippen molar-refractivity contribution in [1.29, 1.82) is 0 Å². The van der Waals surface area contributed by atoms with Gasteiger partial charge in [-0.25, -0.2) is 0 Å². The van der Waals surface area contributed by atoms with E-state index >= 15 is 0 Å². The van der Waals surface area contributed by atoms with Crippen LogP contribution < -0.4 is 0 Å². The summed E-state index contributed by atoms with van der Waals surface area (Å²) in [6, 6.07) is 11.6. The quantitative estimate of drug-likeness (QED) is 0.773. The average Bonchev–Trinajstić information content (AvgIpc) is 3.38. The van der Waals surface area contributed by atoms with Crippen molar-refractivity contribution in [1.82, 2.24) is 19.6 Å². The number of amides is 2. The Labute approximate surface area is 175 Å². The van der Waals surface area contributed by atoms with Gasteiger partial charge in [-0.2, -0.15) is 5.10 Å². The van der Waals surface area contributed by atoms with Crippen LogP contribution in [-0.2, 0) is 22.6 Å². The molecule has 1 aromatic heterocycles. The van der Waals surface area contributed by atoms with Crippen LogP contribution in [0.5, 0.6) is 0 Å². The van der Waals surface area contributed by atoms with Crippen LogP contribution >= 0.6 is 0 Å². The number of fused-ring (bicyclic) bond motifs is 1. The smallest absolute Gasteiger partial charge is 0.274 e. The molecule has 1 aromatic carbocycles. The predicted molar refractivity (Wildman–Crippen MR) is 108 cm³/mol. The third-order valence-corrected chi connectivity index (χ3v) is 6.15. The van der Waals surface area contributed by atoms with Crippen LogP contribution in [0.15, 0.2) is 36.4 Å². The molecular formula is C22H26N4O4. The fraction of sp³-hybridized carbons (Fsp3) is 0.500. The van der Waals surface area contributed by atoms with Gasteiger partial charge in [-0.05, 0) is 12.0 Å². The molecule has 4 heterocycles. The highest BCUT2D eigenvalue weighted by Crippen LogP contribution is 2.31. The minimum Gasteiger partial charge on any atom is -0.347 e. The van der Waals surface area contributed by atoms with E-state index in [1.54, 1.807) is 15.6 Å². The molecule has 0 unspecified atom stereocenters. The second-order valence-corrected chi connectivity index (χ2v) is 8.10. The first-order valence-corrected chi connectivity index (χ1v) is 10.6. The lowest BCUT2D eigenvalue weighted by atomic mass is 10.0. The number of aromatic nitrogens is 2. The zero-order valence-electron chi connectivity index (χ0n) is 17.0. The van der Waals surface area contributed by atoms with Gasteiger partial charge in [0.15, 0.2) is 11.5 Å². The Morgan fingerprint density at radius 1 is 1.03 bits per heavy atom. The van der Waals surface area contributed by atoms with Crippen molar-refractivity contribution >= 4 is 11.8 Å². The van der Waals surface area contributed by atoms with Crippen LogP contribution in [0.3, 0.4) is 0 Å². The number of carbonyl (C=O) groups excluding carboxylic acids is 2. The molecule has 2 fully saturated rings. The van der Waals surface area contributed by atoms with E-state index in [9.17, 15) is 9.59 Å². The number of piperidine rings is 1. The van der Waals surface area contributed by atoms with Crippen LogP contribution in [0, 0.1) is 0 Å². The second-order valence-electron chi connectivity index (χ2n) is 8.10. The zero-order chi connectivity index (χ0) is 20.6. The molecule has 0 N–H and O–H groups in total. The molecule has 8 heteroatoms. The standard InChI is InChI=1S/C22H26N4O4/c27-20(24-11-7-22(8-12-24)29-13-14-30-22)18-15-19-21(28)25(9-4-10-26(19)23-18)16-17-5-2-1-3-6-17/h1-3,5-6,15H,4,7-14,16H2. The number of carbonyl (C=O) groups is 2. The number of nitrogens with zero attached hydrogens (tertiary/aromatic N) is 4. The van der Waals surface area contributed by atoms with Crippen molar-refractivity contribution in [3.63, 3.8) is 0 Å². The number of hydrogen-bond acceptors (Lipinski definition) is 5. The highest BCUT2D eigenvalue weighted by molar-refractivity contribution is 5.98. The minimum atomic E-state index is -0.518. The van der Waals surface area contributed by atoms with Gasteiger partial charge in [-0.15, -0.1) is 0 Å². The third kappa shape index (κ3) is 3.61. The summed E-state index contributed by atoms with van der Waals surface area (Å²) in [7, 11) is 0. The van der Waals surface area contributed by atoms with Crippen molar-refractivity contribution in [2.75, 3.05) is 32.8 Å². The molecular weight excluding hydrogens is 384 g/mol. The Morgan fingerprint density at radius 3 is 2.50 bits per heavy atom. The van der Waals surface area contributed by atoms with Gasteiger partial charge in [0.1, 0.15) is 5.69 Å². The molecule has 3 aliphatic rings. The molecule has 0 bridgehead atoms. The number of likely N-dealkylation sites (tertiary alicyclic amines) is 1. The van der Waals surface area contributed by atoms with Crippen molar-refractivity contribution in [3.05, 3.63) is 53.3 Å². The molecule has 3 aliphatic heterocycles. The molecule has 0 saturated carbocycles. The number of hydrogen-bond donors (Lipinski definition) is 0. The van der Waals surface area contributed by atoms with E-state index < -0.39 is 5.79 Å². The zero-order valence-corrected chi connectivity index (χ0v) is 17.0. The Bertz CT molecular complexity index is 926. The van der Waals surface area contributed by atoms with Gasteiger partial charge in [-0.1, -0.05) is 30.3 Å². The maximum Gasteiger partial charge on any atom is 0.274 e. The number of rotatable bonds is 3. The fourth-order valence-electron chi connectivity index (χ4n) is 4.49. The van der Waals surface area contributed by atoms with Crippen LogP contribution in [0.25, 0.3) is 0 Å². The summed E-state index contributed by atoms with van der Waals surface area (Å²) in [6.07, 6.45) is 2.13. The second kappa shape index (κ2) is 7.85. The molecule has 2 saturated heterocycles. The van der Waals surface area contributed by atoms with Gasteiger partial charge in [0.25, 0.3) is 11.8 Å². The van der Waals surface area contributed by atoms with Crippen LogP contribution in [0.4, 0.5) is 0 Å². The normalized spacial score (nSPS) is 21.0. The molecule has 30 heavy (non-hydrogen) atoms. The molecule has 0 radical (unpaired) electrons. The van der Waals surface area contributed by atoms with Gasteiger partial charge in [0, 0.05) is 51.6 Å².